The van der Waals surface area contributed by atoms with Gasteiger partial charge in [-0.15, -0.1) is 11.6 Å². The van der Waals surface area contributed by atoms with Crippen molar-refractivity contribution in [1.82, 2.24) is 0 Å². The van der Waals surface area contributed by atoms with Gasteiger partial charge in [0, 0.05) is 5.56 Å². The van der Waals surface area contributed by atoms with Gasteiger partial charge in [0.25, 0.3) is 0 Å². The third-order valence-corrected chi connectivity index (χ3v) is 3.95. The molecule has 1 aliphatic rings. The second kappa shape index (κ2) is 5.66. The molecule has 3 rings (SSSR count). The number of rotatable bonds is 3. The molecule has 0 fully saturated rings. The molecule has 98 valence electrons. The van der Waals surface area contributed by atoms with Crippen LogP contribution in [0.1, 0.15) is 29.5 Å². The van der Waals surface area contributed by atoms with Crippen molar-refractivity contribution < 1.29 is 4.74 Å². The van der Waals surface area contributed by atoms with E-state index < -0.39 is 0 Å². The minimum absolute atomic E-state index is 0.473. The topological polar surface area (TPSA) is 9.23 Å². The lowest BCUT2D eigenvalue weighted by Crippen LogP contribution is -2.02. The molecule has 2 aromatic rings. The Kier molecular flexibility index (Phi) is 3.74. The van der Waals surface area contributed by atoms with Crippen molar-refractivity contribution in [2.45, 2.75) is 31.6 Å². The van der Waals surface area contributed by atoms with Crippen molar-refractivity contribution in [3.63, 3.8) is 0 Å². The van der Waals surface area contributed by atoms with Crippen LogP contribution in [0.3, 0.4) is 0 Å². The SMILES string of the molecule is ClCc1ccccc1Oc1ccc2c(c1)CCCC2. The van der Waals surface area contributed by atoms with Crippen molar-refractivity contribution in [3.8, 4) is 11.5 Å². The number of aryl methyl sites for hydroxylation is 2. The zero-order chi connectivity index (χ0) is 13.1. The van der Waals surface area contributed by atoms with Crippen LogP contribution in [0.15, 0.2) is 42.5 Å². The highest BCUT2D eigenvalue weighted by Crippen LogP contribution is 2.30. The molecule has 1 nitrogen and oxygen atoms in total. The predicted octanol–water partition coefficient (Wildman–Crippen LogP) is 5.10. The van der Waals surface area contributed by atoms with Crippen LogP contribution in [0.25, 0.3) is 0 Å². The first-order valence-corrected chi connectivity index (χ1v) is 7.34. The lowest BCUT2D eigenvalue weighted by atomic mass is 9.92. The Morgan fingerprint density at radius 1 is 0.947 bits per heavy atom. The average Bonchev–Trinajstić information content (AvgIpc) is 2.48. The number of hydrogen-bond acceptors (Lipinski definition) is 1. The summed E-state index contributed by atoms with van der Waals surface area (Å²) >= 11 is 5.93. The molecule has 0 saturated carbocycles. The quantitative estimate of drug-likeness (QED) is 0.707. The minimum Gasteiger partial charge on any atom is -0.457 e. The molecule has 2 heteroatoms. The minimum atomic E-state index is 0.473. The van der Waals surface area contributed by atoms with Crippen LogP contribution in [0.2, 0.25) is 0 Å². The molecule has 0 spiro atoms. The van der Waals surface area contributed by atoms with E-state index in [2.05, 4.69) is 18.2 Å². The Hall–Kier alpha value is -1.47. The molecule has 0 amide bonds. The van der Waals surface area contributed by atoms with Crippen molar-refractivity contribution >= 4 is 11.6 Å². The molecular weight excluding hydrogens is 256 g/mol. The first-order chi connectivity index (χ1) is 9.36. The smallest absolute Gasteiger partial charge is 0.131 e. The van der Waals surface area contributed by atoms with E-state index in [0.29, 0.717) is 5.88 Å². The summed E-state index contributed by atoms with van der Waals surface area (Å²) in [5.41, 5.74) is 3.94. The van der Waals surface area contributed by atoms with Crippen LogP contribution in [-0.2, 0) is 18.7 Å². The molecule has 19 heavy (non-hydrogen) atoms. The van der Waals surface area contributed by atoms with E-state index in [4.69, 9.17) is 16.3 Å². The Bertz CT molecular complexity index is 577. The Morgan fingerprint density at radius 3 is 2.58 bits per heavy atom. The number of benzene rings is 2. The fourth-order valence-corrected chi connectivity index (χ4v) is 2.83. The summed E-state index contributed by atoms with van der Waals surface area (Å²) < 4.78 is 5.98. The number of fused-ring (bicyclic) bond motifs is 1. The van der Waals surface area contributed by atoms with E-state index in [1.54, 1.807) is 0 Å². The van der Waals surface area contributed by atoms with Gasteiger partial charge in [-0.3, -0.25) is 0 Å². The molecule has 1 aliphatic carbocycles. The summed E-state index contributed by atoms with van der Waals surface area (Å²) in [5, 5.41) is 0. The monoisotopic (exact) mass is 272 g/mol. The van der Waals surface area contributed by atoms with E-state index in [1.807, 2.05) is 24.3 Å². The van der Waals surface area contributed by atoms with E-state index in [-0.39, 0.29) is 0 Å². The fourth-order valence-electron chi connectivity index (χ4n) is 2.61. The van der Waals surface area contributed by atoms with Gasteiger partial charge in [0.05, 0.1) is 5.88 Å². The lowest BCUT2D eigenvalue weighted by Gasteiger charge is -2.17. The van der Waals surface area contributed by atoms with Crippen molar-refractivity contribution in [1.29, 1.82) is 0 Å². The number of ether oxygens (including phenoxy) is 1. The second-order valence-corrected chi connectivity index (χ2v) is 5.25. The zero-order valence-corrected chi connectivity index (χ0v) is 11.6. The molecule has 0 heterocycles. The van der Waals surface area contributed by atoms with Crippen molar-refractivity contribution in [2.24, 2.45) is 0 Å². The molecule has 0 aromatic heterocycles. The number of para-hydroxylation sites is 1. The van der Waals surface area contributed by atoms with Crippen LogP contribution in [0, 0.1) is 0 Å². The molecule has 0 unspecified atom stereocenters. The van der Waals surface area contributed by atoms with Gasteiger partial charge in [0.15, 0.2) is 0 Å². The standard InChI is InChI=1S/C17H17ClO/c18-12-15-7-3-4-8-17(15)19-16-10-9-13-5-1-2-6-14(13)11-16/h3-4,7-11H,1-2,5-6,12H2. The summed E-state index contributed by atoms with van der Waals surface area (Å²) in [6.45, 7) is 0. The normalized spacial score (nSPS) is 13.9. The summed E-state index contributed by atoms with van der Waals surface area (Å²) in [5.74, 6) is 2.24. The number of alkyl halides is 1. The largest absolute Gasteiger partial charge is 0.457 e. The molecular formula is C17H17ClO. The van der Waals surface area contributed by atoms with Crippen LogP contribution < -0.4 is 4.74 Å². The van der Waals surface area contributed by atoms with Gasteiger partial charge in [0.1, 0.15) is 11.5 Å². The highest BCUT2D eigenvalue weighted by Gasteiger charge is 2.11. The fraction of sp³-hybridized carbons (Fsp3) is 0.294. The molecule has 0 atom stereocenters. The van der Waals surface area contributed by atoms with E-state index in [9.17, 15) is 0 Å². The van der Waals surface area contributed by atoms with Gasteiger partial charge >= 0.3 is 0 Å². The highest BCUT2D eigenvalue weighted by molar-refractivity contribution is 6.17. The van der Waals surface area contributed by atoms with Gasteiger partial charge in [-0.25, -0.2) is 0 Å². The third kappa shape index (κ3) is 2.76. The first-order valence-electron chi connectivity index (χ1n) is 6.80. The molecule has 2 aromatic carbocycles. The van der Waals surface area contributed by atoms with Crippen molar-refractivity contribution in [3.05, 3.63) is 59.2 Å². The van der Waals surface area contributed by atoms with Crippen molar-refractivity contribution in [2.75, 3.05) is 0 Å². The Balaban J connectivity index is 1.87. The second-order valence-electron chi connectivity index (χ2n) is 4.98. The molecule has 0 bridgehead atoms. The number of halogens is 1. The summed E-state index contributed by atoms with van der Waals surface area (Å²) in [4.78, 5) is 0. The summed E-state index contributed by atoms with van der Waals surface area (Å²) in [6, 6.07) is 14.4. The molecule has 0 radical (unpaired) electrons. The maximum absolute atomic E-state index is 5.98. The summed E-state index contributed by atoms with van der Waals surface area (Å²) in [6.07, 6.45) is 4.97. The zero-order valence-electron chi connectivity index (χ0n) is 10.9. The maximum Gasteiger partial charge on any atom is 0.131 e. The highest BCUT2D eigenvalue weighted by atomic mass is 35.5. The van der Waals surface area contributed by atoms with Gasteiger partial charge in [-0.2, -0.15) is 0 Å². The van der Waals surface area contributed by atoms with Crippen LogP contribution >= 0.6 is 11.6 Å². The van der Waals surface area contributed by atoms with E-state index in [0.717, 1.165) is 17.1 Å². The average molecular weight is 273 g/mol. The lowest BCUT2D eigenvalue weighted by molar-refractivity contribution is 0.476. The molecule has 0 N–H and O–H groups in total. The van der Waals surface area contributed by atoms with Crippen LogP contribution in [-0.4, -0.2) is 0 Å². The van der Waals surface area contributed by atoms with Gasteiger partial charge in [-0.1, -0.05) is 24.3 Å². The van der Waals surface area contributed by atoms with Gasteiger partial charge in [-0.05, 0) is 55.0 Å². The van der Waals surface area contributed by atoms with E-state index in [1.165, 1.54) is 36.8 Å². The third-order valence-electron chi connectivity index (χ3n) is 3.66. The Morgan fingerprint density at radius 2 is 1.74 bits per heavy atom. The molecule has 0 aliphatic heterocycles. The Labute approximate surface area is 119 Å². The maximum atomic E-state index is 5.98. The predicted molar refractivity (Wildman–Crippen MR) is 79.2 cm³/mol. The van der Waals surface area contributed by atoms with Crippen LogP contribution in [0.5, 0.6) is 11.5 Å². The van der Waals surface area contributed by atoms with Crippen LogP contribution in [0.4, 0.5) is 0 Å². The van der Waals surface area contributed by atoms with Gasteiger partial charge < -0.3 is 4.74 Å². The summed E-state index contributed by atoms with van der Waals surface area (Å²) in [7, 11) is 0. The molecule has 0 saturated heterocycles. The first kappa shape index (κ1) is 12.6. The van der Waals surface area contributed by atoms with E-state index >= 15 is 0 Å². The number of hydrogen-bond donors (Lipinski definition) is 0. The van der Waals surface area contributed by atoms with Gasteiger partial charge in [0.2, 0.25) is 0 Å².